The Balaban J connectivity index is 1.86. The Hall–Kier alpha value is -1.66. The topological polar surface area (TPSA) is 93.1 Å². The quantitative estimate of drug-likeness (QED) is 0.573. The van der Waals surface area contributed by atoms with Gasteiger partial charge in [-0.25, -0.2) is 0 Å². The van der Waals surface area contributed by atoms with Gasteiger partial charge in [-0.15, -0.1) is 0 Å². The number of aliphatic hydroxyl groups is 2. The van der Waals surface area contributed by atoms with Gasteiger partial charge in [0.1, 0.15) is 12.2 Å². The molecule has 0 saturated carbocycles. The standard InChI is InChI=1S/C26H40O6/c1-6-15(4)26(30)32-23-12-18(27)9-17-10-22(14(2)3)16(5)21(25(17)23)8-7-20-11-19(28)13-24(29)31-20/h9-10,14-16,18-21,23,25,27-28H,6-8,11-13H2,1-5H3. The molecule has 6 heteroatoms. The summed E-state index contributed by atoms with van der Waals surface area (Å²) in [6, 6.07) is 0. The summed E-state index contributed by atoms with van der Waals surface area (Å²) in [4.78, 5) is 24.4. The Morgan fingerprint density at radius 3 is 2.56 bits per heavy atom. The molecule has 2 N–H and O–H groups in total. The van der Waals surface area contributed by atoms with Gasteiger partial charge in [-0.2, -0.15) is 0 Å². The van der Waals surface area contributed by atoms with Gasteiger partial charge in [0.05, 0.1) is 24.5 Å². The maximum absolute atomic E-state index is 12.6. The maximum atomic E-state index is 12.6. The van der Waals surface area contributed by atoms with Gasteiger partial charge in [-0.1, -0.05) is 52.3 Å². The highest BCUT2D eigenvalue weighted by molar-refractivity contribution is 5.72. The second-order valence-electron chi connectivity index (χ2n) is 10.3. The first-order valence-corrected chi connectivity index (χ1v) is 12.3. The van der Waals surface area contributed by atoms with Crippen molar-refractivity contribution in [3.05, 3.63) is 23.3 Å². The van der Waals surface area contributed by atoms with Crippen LogP contribution in [0.3, 0.4) is 0 Å². The Labute approximate surface area is 192 Å². The summed E-state index contributed by atoms with van der Waals surface area (Å²) in [7, 11) is 0. The highest BCUT2D eigenvalue weighted by atomic mass is 16.6. The summed E-state index contributed by atoms with van der Waals surface area (Å²) in [5.74, 6) is 0.128. The van der Waals surface area contributed by atoms with E-state index in [2.05, 4.69) is 26.8 Å². The van der Waals surface area contributed by atoms with Crippen molar-refractivity contribution in [1.82, 2.24) is 0 Å². The minimum Gasteiger partial charge on any atom is -0.462 e. The summed E-state index contributed by atoms with van der Waals surface area (Å²) in [6.45, 7) is 10.4. The molecule has 8 atom stereocenters. The summed E-state index contributed by atoms with van der Waals surface area (Å²) < 4.78 is 11.5. The van der Waals surface area contributed by atoms with Crippen molar-refractivity contribution < 1.29 is 29.3 Å². The third-order valence-electron chi connectivity index (χ3n) is 7.61. The second kappa shape index (κ2) is 10.5. The third kappa shape index (κ3) is 5.63. The largest absolute Gasteiger partial charge is 0.462 e. The van der Waals surface area contributed by atoms with Gasteiger partial charge in [0, 0.05) is 18.8 Å². The van der Waals surface area contributed by atoms with Crippen molar-refractivity contribution in [3.63, 3.8) is 0 Å². The molecule has 0 aromatic rings. The Morgan fingerprint density at radius 2 is 1.94 bits per heavy atom. The van der Waals surface area contributed by atoms with Crippen molar-refractivity contribution in [1.29, 1.82) is 0 Å². The fourth-order valence-electron chi connectivity index (χ4n) is 5.64. The van der Waals surface area contributed by atoms with Crippen LogP contribution >= 0.6 is 0 Å². The lowest BCUT2D eigenvalue weighted by molar-refractivity contribution is -0.162. The predicted octanol–water partition coefficient (Wildman–Crippen LogP) is 3.95. The molecule has 0 amide bonds. The van der Waals surface area contributed by atoms with E-state index in [-0.39, 0.29) is 54.2 Å². The lowest BCUT2D eigenvalue weighted by atomic mass is 9.62. The zero-order valence-electron chi connectivity index (χ0n) is 20.1. The zero-order chi connectivity index (χ0) is 23.6. The van der Waals surface area contributed by atoms with Gasteiger partial charge in [0.15, 0.2) is 0 Å². The molecule has 32 heavy (non-hydrogen) atoms. The summed E-state index contributed by atoms with van der Waals surface area (Å²) in [5.41, 5.74) is 2.39. The lowest BCUT2D eigenvalue weighted by Gasteiger charge is -2.46. The summed E-state index contributed by atoms with van der Waals surface area (Å²) in [5, 5.41) is 20.5. The number of cyclic esters (lactones) is 1. The van der Waals surface area contributed by atoms with Crippen molar-refractivity contribution in [2.45, 2.75) is 97.6 Å². The molecule has 8 unspecified atom stereocenters. The van der Waals surface area contributed by atoms with Crippen LogP contribution in [-0.2, 0) is 19.1 Å². The average molecular weight is 449 g/mol. The van der Waals surface area contributed by atoms with E-state index >= 15 is 0 Å². The van der Waals surface area contributed by atoms with Crippen molar-refractivity contribution in [2.75, 3.05) is 0 Å². The number of rotatable bonds is 7. The van der Waals surface area contributed by atoms with E-state index in [1.165, 1.54) is 5.57 Å². The Kier molecular flexibility index (Phi) is 8.21. The van der Waals surface area contributed by atoms with Gasteiger partial charge in [0.25, 0.3) is 0 Å². The molecule has 3 aliphatic rings. The zero-order valence-corrected chi connectivity index (χ0v) is 20.1. The molecule has 1 aliphatic heterocycles. The van der Waals surface area contributed by atoms with Gasteiger partial charge < -0.3 is 19.7 Å². The molecule has 0 spiro atoms. The Bertz CT molecular complexity index is 753. The van der Waals surface area contributed by atoms with E-state index in [0.29, 0.717) is 31.6 Å². The fourth-order valence-corrected chi connectivity index (χ4v) is 5.64. The molecule has 180 valence electrons. The highest BCUT2D eigenvalue weighted by Gasteiger charge is 2.44. The molecule has 0 bridgehead atoms. The minimum atomic E-state index is -0.638. The molecule has 0 radical (unpaired) electrons. The van der Waals surface area contributed by atoms with Gasteiger partial charge in [-0.05, 0) is 42.6 Å². The minimum absolute atomic E-state index is 0.00752. The number of fused-ring (bicyclic) bond motifs is 1. The van der Waals surface area contributed by atoms with Crippen LogP contribution in [0.5, 0.6) is 0 Å². The molecule has 0 aromatic heterocycles. The molecule has 1 saturated heterocycles. The number of carbonyl (C=O) groups is 2. The molecule has 0 aromatic carbocycles. The van der Waals surface area contributed by atoms with Crippen LogP contribution in [0.4, 0.5) is 0 Å². The molecule has 1 fully saturated rings. The third-order valence-corrected chi connectivity index (χ3v) is 7.61. The molecule has 3 rings (SSSR count). The van der Waals surface area contributed by atoms with E-state index in [0.717, 1.165) is 12.0 Å². The van der Waals surface area contributed by atoms with Crippen LogP contribution in [-0.4, -0.2) is 46.6 Å². The first kappa shape index (κ1) is 25.0. The van der Waals surface area contributed by atoms with Crippen LogP contribution in [0, 0.1) is 29.6 Å². The molecule has 2 aliphatic carbocycles. The molecular formula is C26H40O6. The average Bonchev–Trinajstić information content (AvgIpc) is 2.71. The molecule has 6 nitrogen and oxygen atoms in total. The first-order chi connectivity index (χ1) is 15.1. The van der Waals surface area contributed by atoms with E-state index < -0.39 is 12.2 Å². The first-order valence-electron chi connectivity index (χ1n) is 12.3. The second-order valence-corrected chi connectivity index (χ2v) is 10.3. The van der Waals surface area contributed by atoms with E-state index in [9.17, 15) is 19.8 Å². The number of ether oxygens (including phenoxy) is 2. The summed E-state index contributed by atoms with van der Waals surface area (Å²) in [6.07, 6.45) is 5.32. The van der Waals surface area contributed by atoms with Crippen LogP contribution in [0.1, 0.15) is 73.1 Å². The number of hydrogen-bond acceptors (Lipinski definition) is 6. The SMILES string of the molecule is CCC(C)C(=O)OC1CC(O)C=C2C=C(C(C)C)C(C)C(CCC3CC(O)CC(=O)O3)C21. The number of carbonyl (C=O) groups excluding carboxylic acids is 2. The van der Waals surface area contributed by atoms with Gasteiger partial charge in [0.2, 0.25) is 0 Å². The molecular weight excluding hydrogens is 408 g/mol. The maximum Gasteiger partial charge on any atom is 0.308 e. The van der Waals surface area contributed by atoms with Crippen molar-refractivity contribution >= 4 is 11.9 Å². The number of esters is 2. The van der Waals surface area contributed by atoms with E-state index in [1.807, 2.05) is 19.9 Å². The normalized spacial score (nSPS) is 36.0. The fraction of sp³-hybridized carbons (Fsp3) is 0.769. The predicted molar refractivity (Wildman–Crippen MR) is 121 cm³/mol. The van der Waals surface area contributed by atoms with Gasteiger partial charge >= 0.3 is 11.9 Å². The Morgan fingerprint density at radius 1 is 1.22 bits per heavy atom. The van der Waals surface area contributed by atoms with Crippen LogP contribution in [0.2, 0.25) is 0 Å². The van der Waals surface area contributed by atoms with Crippen LogP contribution < -0.4 is 0 Å². The smallest absolute Gasteiger partial charge is 0.308 e. The van der Waals surface area contributed by atoms with Crippen LogP contribution in [0.25, 0.3) is 0 Å². The van der Waals surface area contributed by atoms with Gasteiger partial charge in [-0.3, -0.25) is 9.59 Å². The van der Waals surface area contributed by atoms with E-state index in [1.54, 1.807) is 0 Å². The number of hydrogen-bond donors (Lipinski definition) is 2. The monoisotopic (exact) mass is 448 g/mol. The lowest BCUT2D eigenvalue weighted by Crippen LogP contribution is -2.44. The summed E-state index contributed by atoms with van der Waals surface area (Å²) >= 11 is 0. The molecule has 1 heterocycles. The van der Waals surface area contributed by atoms with Crippen LogP contribution in [0.15, 0.2) is 23.3 Å². The number of aliphatic hydroxyl groups excluding tert-OH is 2. The van der Waals surface area contributed by atoms with Crippen molar-refractivity contribution in [3.8, 4) is 0 Å². The van der Waals surface area contributed by atoms with E-state index in [4.69, 9.17) is 9.47 Å². The van der Waals surface area contributed by atoms with Crippen molar-refractivity contribution in [2.24, 2.45) is 29.6 Å². The number of allylic oxidation sites excluding steroid dienone is 2. The highest BCUT2D eigenvalue weighted by Crippen LogP contribution is 2.48.